The maximum Gasteiger partial charge on any atom is 0.224 e. The van der Waals surface area contributed by atoms with Crippen LogP contribution in [0.4, 0.5) is 11.4 Å². The molecule has 24 heavy (non-hydrogen) atoms. The molecule has 0 unspecified atom stereocenters. The minimum atomic E-state index is 0.0402. The molecule has 0 radical (unpaired) electrons. The highest BCUT2D eigenvalue weighted by molar-refractivity contribution is 5.91. The average Bonchev–Trinajstić information content (AvgIpc) is 2.62. The molecule has 2 heterocycles. The van der Waals surface area contributed by atoms with Crippen LogP contribution in [0.15, 0.2) is 48.8 Å². The summed E-state index contributed by atoms with van der Waals surface area (Å²) in [5.41, 5.74) is 3.19. The Morgan fingerprint density at radius 2 is 1.96 bits per heavy atom. The van der Waals surface area contributed by atoms with Crippen molar-refractivity contribution in [3.8, 4) is 0 Å². The minimum Gasteiger partial charge on any atom is -0.372 e. The standard InChI is InChI=1S/C20H25N3O/c1-16-10-13-23(14-11-16)19-7-5-18(6-8-19)22-20(24)9-4-17-3-2-12-21-15-17/h2-3,5-8,12,15-16H,4,9-11,13-14H2,1H3,(H,22,24). The molecule has 3 rings (SSSR count). The monoisotopic (exact) mass is 323 g/mol. The van der Waals surface area contributed by atoms with Crippen LogP contribution in [0.1, 0.15) is 31.7 Å². The number of aromatic nitrogens is 1. The van der Waals surface area contributed by atoms with Gasteiger partial charge in [-0.25, -0.2) is 0 Å². The predicted molar refractivity (Wildman–Crippen MR) is 98.2 cm³/mol. The van der Waals surface area contributed by atoms with E-state index in [9.17, 15) is 4.79 Å². The lowest BCUT2D eigenvalue weighted by molar-refractivity contribution is -0.116. The maximum absolute atomic E-state index is 12.1. The molecule has 0 aliphatic carbocycles. The molecule has 1 saturated heterocycles. The van der Waals surface area contributed by atoms with Crippen LogP contribution in [0.3, 0.4) is 0 Å². The Bertz CT molecular complexity index is 646. The summed E-state index contributed by atoms with van der Waals surface area (Å²) in [6.45, 7) is 4.57. The Labute approximate surface area is 143 Å². The Kier molecular flexibility index (Phi) is 5.47. The first kappa shape index (κ1) is 16.5. The molecule has 0 atom stereocenters. The van der Waals surface area contributed by atoms with Crippen LogP contribution in [-0.4, -0.2) is 24.0 Å². The summed E-state index contributed by atoms with van der Waals surface area (Å²) in [5, 5.41) is 2.97. The molecule has 0 saturated carbocycles. The van der Waals surface area contributed by atoms with Gasteiger partial charge in [-0.2, -0.15) is 0 Å². The van der Waals surface area contributed by atoms with Crippen LogP contribution < -0.4 is 10.2 Å². The van der Waals surface area contributed by atoms with E-state index in [0.717, 1.165) is 30.3 Å². The SMILES string of the molecule is CC1CCN(c2ccc(NC(=O)CCc3cccnc3)cc2)CC1. The average molecular weight is 323 g/mol. The number of amides is 1. The molecule has 1 aliphatic heterocycles. The number of anilines is 2. The van der Waals surface area contributed by atoms with Crippen LogP contribution in [0, 0.1) is 5.92 Å². The quantitative estimate of drug-likeness (QED) is 0.908. The lowest BCUT2D eigenvalue weighted by Crippen LogP contribution is -2.32. The zero-order valence-electron chi connectivity index (χ0n) is 14.2. The summed E-state index contributed by atoms with van der Waals surface area (Å²) in [7, 11) is 0. The number of piperidine rings is 1. The summed E-state index contributed by atoms with van der Waals surface area (Å²) < 4.78 is 0. The highest BCUT2D eigenvalue weighted by Crippen LogP contribution is 2.24. The van der Waals surface area contributed by atoms with E-state index in [0.29, 0.717) is 12.8 Å². The van der Waals surface area contributed by atoms with Crippen molar-refractivity contribution < 1.29 is 4.79 Å². The second-order valence-corrected chi connectivity index (χ2v) is 6.63. The van der Waals surface area contributed by atoms with Crippen LogP contribution in [0.2, 0.25) is 0 Å². The molecule has 0 spiro atoms. The van der Waals surface area contributed by atoms with E-state index in [1.807, 2.05) is 30.5 Å². The molecule has 1 aromatic heterocycles. The normalized spacial score (nSPS) is 15.3. The first-order valence-corrected chi connectivity index (χ1v) is 8.74. The third-order valence-electron chi connectivity index (χ3n) is 4.66. The van der Waals surface area contributed by atoms with Gasteiger partial charge in [0.1, 0.15) is 0 Å². The fourth-order valence-corrected chi connectivity index (χ4v) is 3.05. The number of nitrogens with zero attached hydrogens (tertiary/aromatic N) is 2. The molecule has 1 amide bonds. The number of pyridine rings is 1. The topological polar surface area (TPSA) is 45.2 Å². The number of aryl methyl sites for hydroxylation is 1. The second-order valence-electron chi connectivity index (χ2n) is 6.63. The number of carbonyl (C=O) groups excluding carboxylic acids is 1. The van der Waals surface area contributed by atoms with Gasteiger partial charge in [0.25, 0.3) is 0 Å². The van der Waals surface area contributed by atoms with Crippen LogP contribution in [-0.2, 0) is 11.2 Å². The van der Waals surface area contributed by atoms with Gasteiger partial charge in [-0.1, -0.05) is 13.0 Å². The second kappa shape index (κ2) is 7.95. The van der Waals surface area contributed by atoms with Gasteiger partial charge in [-0.15, -0.1) is 0 Å². The number of hydrogen-bond acceptors (Lipinski definition) is 3. The first-order valence-electron chi connectivity index (χ1n) is 8.74. The van der Waals surface area contributed by atoms with Crippen molar-refractivity contribution in [2.75, 3.05) is 23.3 Å². The highest BCUT2D eigenvalue weighted by atomic mass is 16.1. The van der Waals surface area contributed by atoms with E-state index < -0.39 is 0 Å². The Balaban J connectivity index is 1.49. The van der Waals surface area contributed by atoms with Crippen molar-refractivity contribution in [2.45, 2.75) is 32.6 Å². The van der Waals surface area contributed by atoms with Crippen LogP contribution in [0.5, 0.6) is 0 Å². The summed E-state index contributed by atoms with van der Waals surface area (Å²) >= 11 is 0. The molecule has 1 aromatic carbocycles. The number of rotatable bonds is 5. The van der Waals surface area contributed by atoms with E-state index in [1.165, 1.54) is 18.5 Å². The number of nitrogens with one attached hydrogen (secondary N) is 1. The van der Waals surface area contributed by atoms with Crippen LogP contribution in [0.25, 0.3) is 0 Å². The van der Waals surface area contributed by atoms with Gasteiger partial charge in [-0.3, -0.25) is 9.78 Å². The summed E-state index contributed by atoms with van der Waals surface area (Å²) in [5.74, 6) is 0.873. The van der Waals surface area contributed by atoms with Crippen molar-refractivity contribution in [3.63, 3.8) is 0 Å². The molecular weight excluding hydrogens is 298 g/mol. The molecule has 2 aromatic rings. The third kappa shape index (κ3) is 4.57. The van der Waals surface area contributed by atoms with Gasteiger partial charge in [-0.05, 0) is 61.1 Å². The smallest absolute Gasteiger partial charge is 0.224 e. The third-order valence-corrected chi connectivity index (χ3v) is 4.66. The summed E-state index contributed by atoms with van der Waals surface area (Å²) in [4.78, 5) is 18.6. The first-order chi connectivity index (χ1) is 11.7. The van der Waals surface area contributed by atoms with E-state index >= 15 is 0 Å². The van der Waals surface area contributed by atoms with Gasteiger partial charge in [0.15, 0.2) is 0 Å². The molecule has 4 heteroatoms. The molecule has 1 fully saturated rings. The zero-order chi connectivity index (χ0) is 16.8. The highest BCUT2D eigenvalue weighted by Gasteiger charge is 2.15. The van der Waals surface area contributed by atoms with E-state index in [1.54, 1.807) is 6.20 Å². The van der Waals surface area contributed by atoms with E-state index in [4.69, 9.17) is 0 Å². The van der Waals surface area contributed by atoms with Crippen molar-refractivity contribution in [3.05, 3.63) is 54.4 Å². The lowest BCUT2D eigenvalue weighted by Gasteiger charge is -2.32. The van der Waals surface area contributed by atoms with Crippen molar-refractivity contribution in [1.29, 1.82) is 0 Å². The molecule has 1 aliphatic rings. The van der Waals surface area contributed by atoms with Gasteiger partial charge in [0, 0.05) is 43.3 Å². The van der Waals surface area contributed by atoms with E-state index in [2.05, 4.69) is 34.3 Å². The summed E-state index contributed by atoms with van der Waals surface area (Å²) in [6, 6.07) is 12.1. The minimum absolute atomic E-state index is 0.0402. The number of hydrogen-bond donors (Lipinski definition) is 1. The van der Waals surface area contributed by atoms with Crippen molar-refractivity contribution in [2.24, 2.45) is 5.92 Å². The largest absolute Gasteiger partial charge is 0.372 e. The van der Waals surface area contributed by atoms with E-state index in [-0.39, 0.29) is 5.91 Å². The van der Waals surface area contributed by atoms with Gasteiger partial charge in [0.05, 0.1) is 0 Å². The van der Waals surface area contributed by atoms with Gasteiger partial charge in [0.2, 0.25) is 5.91 Å². The molecule has 126 valence electrons. The fraction of sp³-hybridized carbons (Fsp3) is 0.400. The number of carbonyl (C=O) groups is 1. The van der Waals surface area contributed by atoms with Crippen molar-refractivity contribution in [1.82, 2.24) is 4.98 Å². The van der Waals surface area contributed by atoms with Crippen LogP contribution >= 0.6 is 0 Å². The Hall–Kier alpha value is -2.36. The van der Waals surface area contributed by atoms with Crippen molar-refractivity contribution >= 4 is 17.3 Å². The zero-order valence-corrected chi connectivity index (χ0v) is 14.2. The Morgan fingerprint density at radius 3 is 2.62 bits per heavy atom. The predicted octanol–water partition coefficient (Wildman–Crippen LogP) is 3.89. The molecule has 1 N–H and O–H groups in total. The lowest BCUT2D eigenvalue weighted by atomic mass is 9.99. The maximum atomic E-state index is 12.1. The Morgan fingerprint density at radius 1 is 1.21 bits per heavy atom. The molecule has 0 bridgehead atoms. The van der Waals surface area contributed by atoms with Gasteiger partial charge < -0.3 is 10.2 Å². The molecular formula is C20H25N3O. The summed E-state index contributed by atoms with van der Waals surface area (Å²) in [6.07, 6.45) is 7.25. The van der Waals surface area contributed by atoms with Gasteiger partial charge >= 0.3 is 0 Å². The fourth-order valence-electron chi connectivity index (χ4n) is 3.05. The number of benzene rings is 1. The molecule has 4 nitrogen and oxygen atoms in total.